The van der Waals surface area contributed by atoms with Crippen LogP contribution in [0.25, 0.3) is 0 Å². The van der Waals surface area contributed by atoms with Crippen molar-refractivity contribution in [3.05, 3.63) is 52.3 Å². The molecular weight excluding hydrogens is 309 g/mol. The van der Waals surface area contributed by atoms with Crippen LogP contribution < -0.4 is 5.32 Å². The van der Waals surface area contributed by atoms with Crippen molar-refractivity contribution < 1.29 is 4.39 Å². The summed E-state index contributed by atoms with van der Waals surface area (Å²) in [5.74, 6) is 0.658. The van der Waals surface area contributed by atoms with E-state index in [4.69, 9.17) is 0 Å². The second kappa shape index (κ2) is 6.82. The number of hydrogen-bond donors (Lipinski definition) is 2. The van der Waals surface area contributed by atoms with Crippen LogP contribution in [0, 0.1) is 5.82 Å². The largest absolute Gasteiger partial charge is 0.347 e. The molecule has 2 aromatic rings. The summed E-state index contributed by atoms with van der Waals surface area (Å²) < 4.78 is 14.7. The number of hydrogen-bond acceptors (Lipinski definition) is 2. The van der Waals surface area contributed by atoms with Crippen LogP contribution in [-0.2, 0) is 6.42 Å². The molecule has 0 fully saturated rings. The molecule has 0 saturated heterocycles. The number of aromatic amines is 1. The molecule has 0 aliphatic heterocycles. The van der Waals surface area contributed by atoms with E-state index in [-0.39, 0.29) is 11.9 Å². The normalized spacial score (nSPS) is 12.6. The number of nitrogens with zero attached hydrogens (tertiary/aromatic N) is 1. The topological polar surface area (TPSA) is 40.7 Å². The second-order valence-corrected chi connectivity index (χ2v) is 5.34. The number of nitrogens with one attached hydrogen (secondary N) is 2. The van der Waals surface area contributed by atoms with Crippen LogP contribution in [0.15, 0.2) is 35.1 Å². The molecule has 0 amide bonds. The zero-order valence-electron chi connectivity index (χ0n) is 10.8. The SMILES string of the molecule is CCCNC(Cc1cc(Br)ccc1F)c1ncc[nH]1. The molecule has 3 nitrogen and oxygen atoms in total. The second-order valence-electron chi connectivity index (χ2n) is 4.42. The first-order chi connectivity index (χ1) is 9.20. The number of halogens is 2. The van der Waals surface area contributed by atoms with Gasteiger partial charge in [-0.3, -0.25) is 0 Å². The van der Waals surface area contributed by atoms with E-state index in [0.29, 0.717) is 12.0 Å². The van der Waals surface area contributed by atoms with Crippen molar-refractivity contribution in [1.29, 1.82) is 0 Å². The van der Waals surface area contributed by atoms with E-state index >= 15 is 0 Å². The third-order valence-corrected chi connectivity index (χ3v) is 3.42. The molecular formula is C14H17BrFN3. The Balaban J connectivity index is 2.17. The van der Waals surface area contributed by atoms with Crippen LogP contribution in [0.2, 0.25) is 0 Å². The van der Waals surface area contributed by atoms with E-state index in [9.17, 15) is 4.39 Å². The van der Waals surface area contributed by atoms with Gasteiger partial charge in [0, 0.05) is 16.9 Å². The maximum atomic E-state index is 13.8. The lowest BCUT2D eigenvalue weighted by Gasteiger charge is -2.17. The minimum Gasteiger partial charge on any atom is -0.347 e. The summed E-state index contributed by atoms with van der Waals surface area (Å²) in [6, 6.07) is 5.01. The zero-order chi connectivity index (χ0) is 13.7. The molecule has 0 aliphatic rings. The Morgan fingerprint density at radius 2 is 2.32 bits per heavy atom. The lowest BCUT2D eigenvalue weighted by atomic mass is 10.0. The summed E-state index contributed by atoms with van der Waals surface area (Å²) in [5, 5.41) is 3.39. The molecule has 0 radical (unpaired) electrons. The molecule has 1 aromatic heterocycles. The first-order valence-corrected chi connectivity index (χ1v) is 7.16. The van der Waals surface area contributed by atoms with Crippen LogP contribution in [0.1, 0.15) is 30.8 Å². The molecule has 5 heteroatoms. The van der Waals surface area contributed by atoms with Gasteiger partial charge in [0.25, 0.3) is 0 Å². The lowest BCUT2D eigenvalue weighted by molar-refractivity contribution is 0.495. The molecule has 102 valence electrons. The Hall–Kier alpha value is -1.20. The van der Waals surface area contributed by atoms with Crippen LogP contribution in [0.3, 0.4) is 0 Å². The number of H-pyrrole nitrogens is 1. The maximum absolute atomic E-state index is 13.8. The Labute approximate surface area is 120 Å². The van der Waals surface area contributed by atoms with Gasteiger partial charge in [-0.1, -0.05) is 22.9 Å². The monoisotopic (exact) mass is 325 g/mol. The van der Waals surface area contributed by atoms with Crippen LogP contribution >= 0.6 is 15.9 Å². The van der Waals surface area contributed by atoms with Gasteiger partial charge in [-0.15, -0.1) is 0 Å². The Bertz CT molecular complexity index is 513. The molecule has 0 aliphatic carbocycles. The molecule has 19 heavy (non-hydrogen) atoms. The highest BCUT2D eigenvalue weighted by atomic mass is 79.9. The van der Waals surface area contributed by atoms with Crippen molar-refractivity contribution in [3.63, 3.8) is 0 Å². The number of aromatic nitrogens is 2. The van der Waals surface area contributed by atoms with Gasteiger partial charge in [0.05, 0.1) is 6.04 Å². The Morgan fingerprint density at radius 1 is 1.47 bits per heavy atom. The quantitative estimate of drug-likeness (QED) is 0.852. The molecule has 2 N–H and O–H groups in total. The minimum absolute atomic E-state index is 0.00116. The fourth-order valence-corrected chi connectivity index (χ4v) is 2.38. The van der Waals surface area contributed by atoms with Gasteiger partial charge >= 0.3 is 0 Å². The van der Waals surface area contributed by atoms with Crippen molar-refractivity contribution in [2.24, 2.45) is 0 Å². The van der Waals surface area contributed by atoms with Gasteiger partial charge in [-0.25, -0.2) is 9.37 Å². The molecule has 2 rings (SSSR count). The summed E-state index contributed by atoms with van der Waals surface area (Å²) in [6.07, 6.45) is 5.09. The van der Waals surface area contributed by atoms with E-state index in [1.807, 2.05) is 6.07 Å². The highest BCUT2D eigenvalue weighted by Gasteiger charge is 2.16. The molecule has 1 unspecified atom stereocenters. The fourth-order valence-electron chi connectivity index (χ4n) is 1.97. The van der Waals surface area contributed by atoms with Gasteiger partial charge in [-0.05, 0) is 43.1 Å². The van der Waals surface area contributed by atoms with Crippen molar-refractivity contribution in [1.82, 2.24) is 15.3 Å². The Kier molecular flexibility index (Phi) is 5.10. The molecule has 1 aromatic carbocycles. The van der Waals surface area contributed by atoms with E-state index < -0.39 is 0 Å². The van der Waals surface area contributed by atoms with Gasteiger partial charge in [0.1, 0.15) is 11.6 Å². The van der Waals surface area contributed by atoms with Crippen molar-refractivity contribution >= 4 is 15.9 Å². The third-order valence-electron chi connectivity index (χ3n) is 2.92. The standard InChI is InChI=1S/C14H17BrFN3/c1-2-5-17-13(14-18-6-7-19-14)9-10-8-11(15)3-4-12(10)16/h3-4,6-8,13,17H,2,5,9H2,1H3,(H,18,19). The predicted octanol–water partition coefficient (Wildman–Crippen LogP) is 3.59. The Morgan fingerprint density at radius 3 is 3.00 bits per heavy atom. The highest BCUT2D eigenvalue weighted by molar-refractivity contribution is 9.10. The number of rotatable bonds is 6. The summed E-state index contributed by atoms with van der Waals surface area (Å²) in [7, 11) is 0. The van der Waals surface area contributed by atoms with Gasteiger partial charge in [-0.2, -0.15) is 0 Å². The highest BCUT2D eigenvalue weighted by Crippen LogP contribution is 2.21. The van der Waals surface area contributed by atoms with Crippen molar-refractivity contribution in [3.8, 4) is 0 Å². The van der Waals surface area contributed by atoms with E-state index in [0.717, 1.165) is 23.3 Å². The van der Waals surface area contributed by atoms with Gasteiger partial charge in [0.2, 0.25) is 0 Å². The van der Waals surface area contributed by atoms with Crippen LogP contribution in [-0.4, -0.2) is 16.5 Å². The van der Waals surface area contributed by atoms with Crippen LogP contribution in [0.5, 0.6) is 0 Å². The van der Waals surface area contributed by atoms with E-state index in [1.165, 1.54) is 6.07 Å². The van der Waals surface area contributed by atoms with Crippen LogP contribution in [0.4, 0.5) is 4.39 Å². The summed E-state index contributed by atoms with van der Waals surface area (Å²) in [6.45, 7) is 2.98. The molecule has 1 heterocycles. The number of imidazole rings is 1. The van der Waals surface area contributed by atoms with Crippen molar-refractivity contribution in [2.75, 3.05) is 6.54 Å². The average molecular weight is 326 g/mol. The van der Waals surface area contributed by atoms with Crippen molar-refractivity contribution in [2.45, 2.75) is 25.8 Å². The third kappa shape index (κ3) is 3.88. The number of benzene rings is 1. The summed E-state index contributed by atoms with van der Waals surface area (Å²) in [5.41, 5.74) is 0.680. The van der Waals surface area contributed by atoms with E-state index in [1.54, 1.807) is 18.5 Å². The lowest BCUT2D eigenvalue weighted by Crippen LogP contribution is -2.25. The molecule has 0 spiro atoms. The molecule has 0 bridgehead atoms. The minimum atomic E-state index is -0.182. The predicted molar refractivity (Wildman–Crippen MR) is 77.4 cm³/mol. The smallest absolute Gasteiger partial charge is 0.126 e. The van der Waals surface area contributed by atoms with Gasteiger partial charge < -0.3 is 10.3 Å². The fraction of sp³-hybridized carbons (Fsp3) is 0.357. The summed E-state index contributed by atoms with van der Waals surface area (Å²) >= 11 is 3.38. The zero-order valence-corrected chi connectivity index (χ0v) is 12.4. The van der Waals surface area contributed by atoms with E-state index in [2.05, 4.69) is 38.1 Å². The van der Waals surface area contributed by atoms with Gasteiger partial charge in [0.15, 0.2) is 0 Å². The first-order valence-electron chi connectivity index (χ1n) is 6.37. The molecule has 1 atom stereocenters. The average Bonchev–Trinajstić information content (AvgIpc) is 2.92. The first kappa shape index (κ1) is 14.2. The summed E-state index contributed by atoms with van der Waals surface area (Å²) in [4.78, 5) is 7.36. The molecule has 0 saturated carbocycles. The maximum Gasteiger partial charge on any atom is 0.126 e.